The Labute approximate surface area is 37.1 Å². The van der Waals surface area contributed by atoms with E-state index in [9.17, 15) is 17.6 Å². The lowest BCUT2D eigenvalue weighted by Gasteiger charge is -1.92. The van der Waals surface area contributed by atoms with Crippen molar-refractivity contribution in [1.82, 2.24) is 0 Å². The topological polar surface area (TPSA) is 0 Å². The van der Waals surface area contributed by atoms with Gasteiger partial charge in [-0.25, -0.2) is 8.78 Å². The molecule has 7 heavy (non-hydrogen) atoms. The maximum atomic E-state index is 11.1. The van der Waals surface area contributed by atoms with Crippen LogP contribution in [0.2, 0.25) is 0 Å². The van der Waals surface area contributed by atoms with E-state index in [1.807, 2.05) is 0 Å². The second-order valence-electron chi connectivity index (χ2n) is 1.33. The molecule has 0 saturated heterocycles. The first kappa shape index (κ1) is 4.87. The number of hydrogen-bond acceptors (Lipinski definition) is 0. The fourth-order valence-corrected chi connectivity index (χ4v) is 0.216. The molecule has 42 valence electrons. The normalized spacial score (nSPS) is 38.6. The zero-order valence-electron chi connectivity index (χ0n) is 3.09. The Hall–Kier alpha value is -0.280. The Morgan fingerprint density at radius 3 is 1.57 bits per heavy atom. The van der Waals surface area contributed by atoms with Gasteiger partial charge in [-0.3, -0.25) is 4.39 Å². The molecule has 1 saturated carbocycles. The first-order chi connectivity index (χ1) is 3.07. The Bertz CT molecular complexity index is 78.9. The molecule has 1 aliphatic rings. The molecule has 0 radical (unpaired) electrons. The summed E-state index contributed by atoms with van der Waals surface area (Å²) in [5.74, 6) is -3.75. The summed E-state index contributed by atoms with van der Waals surface area (Å²) in [5.41, 5.74) is 0. The highest BCUT2D eigenvalue weighted by atomic mass is 19.3. The van der Waals surface area contributed by atoms with Crippen LogP contribution in [0.5, 0.6) is 0 Å². The fraction of sp³-hybridized carbons (Fsp3) is 0.667. The minimum atomic E-state index is -3.75. The van der Waals surface area contributed by atoms with Gasteiger partial charge in [0.1, 0.15) is 0 Å². The number of hydrogen-bond donors (Lipinski definition) is 0. The lowest BCUT2D eigenvalue weighted by Crippen LogP contribution is -1.91. The second kappa shape index (κ2) is 0.928. The van der Waals surface area contributed by atoms with Crippen LogP contribution in [0.1, 0.15) is 0 Å². The molecule has 4 heteroatoms. The van der Waals surface area contributed by atoms with Crippen LogP contribution in [0.3, 0.4) is 0 Å². The Balaban J connectivity index is 2.52. The van der Waals surface area contributed by atoms with Gasteiger partial charge in [0.05, 0.1) is 6.17 Å². The molecule has 1 atom stereocenters. The Kier molecular flexibility index (Phi) is 0.645. The minimum Gasteiger partial charge on any atom is -0.447 e. The zero-order valence-corrected chi connectivity index (χ0v) is 3.09. The van der Waals surface area contributed by atoms with Crippen LogP contribution in [0.4, 0.5) is 17.6 Å². The predicted octanol–water partition coefficient (Wildman–Crippen LogP) is 1.47. The summed E-state index contributed by atoms with van der Waals surface area (Å²) in [6, 6.07) is 0. The van der Waals surface area contributed by atoms with Crippen LogP contribution in [0.25, 0.3) is 0 Å². The quantitative estimate of drug-likeness (QED) is 0.329. The molecule has 0 amide bonds. The molecule has 1 fully saturated rings. The molecule has 0 aromatic carbocycles. The molecule has 1 aliphatic carbocycles. The van der Waals surface area contributed by atoms with Crippen molar-refractivity contribution in [1.29, 1.82) is 0 Å². The van der Waals surface area contributed by atoms with Crippen molar-refractivity contribution < 1.29 is 17.6 Å². The molecule has 0 aromatic heterocycles. The smallest absolute Gasteiger partial charge is 0.169 e. The van der Waals surface area contributed by atoms with Crippen LogP contribution in [0.15, 0.2) is 0 Å². The molecular formula is C3HF4-. The lowest BCUT2D eigenvalue weighted by atomic mass is 10.8. The van der Waals surface area contributed by atoms with Crippen LogP contribution < -0.4 is 0 Å². The second-order valence-corrected chi connectivity index (χ2v) is 1.33. The van der Waals surface area contributed by atoms with Gasteiger partial charge >= 0.3 is 0 Å². The molecule has 1 unspecified atom stereocenters. The van der Waals surface area contributed by atoms with Crippen LogP contribution in [0, 0.1) is 6.17 Å². The van der Waals surface area contributed by atoms with Crippen molar-refractivity contribution in [2.45, 2.75) is 12.1 Å². The summed E-state index contributed by atoms with van der Waals surface area (Å²) in [7, 11) is 0. The highest BCUT2D eigenvalue weighted by Gasteiger charge is 2.55. The standard InChI is InChI=1S/C3HF4/c4-1-2(5)3(1,6)7/h1H/q-1. The third-order valence-electron chi connectivity index (χ3n) is 0.776. The van der Waals surface area contributed by atoms with Gasteiger partial charge in [0.15, 0.2) is 5.92 Å². The third-order valence-corrected chi connectivity index (χ3v) is 0.776. The van der Waals surface area contributed by atoms with Crippen molar-refractivity contribution in [2.75, 3.05) is 0 Å². The van der Waals surface area contributed by atoms with Gasteiger partial charge < -0.3 is 4.39 Å². The van der Waals surface area contributed by atoms with E-state index in [1.165, 1.54) is 0 Å². The van der Waals surface area contributed by atoms with Gasteiger partial charge in [-0.15, -0.1) is 0 Å². The Morgan fingerprint density at radius 1 is 1.43 bits per heavy atom. The van der Waals surface area contributed by atoms with Crippen molar-refractivity contribution in [2.24, 2.45) is 0 Å². The SMILES string of the molecule is F[C-]1C(F)C1(F)F. The fourth-order valence-electron chi connectivity index (χ4n) is 0.216. The maximum absolute atomic E-state index is 11.1. The zero-order chi connectivity index (χ0) is 5.65. The van der Waals surface area contributed by atoms with E-state index < -0.39 is 18.3 Å². The van der Waals surface area contributed by atoms with Gasteiger partial charge in [-0.2, -0.15) is 0 Å². The number of rotatable bonds is 0. The average Bonchev–Trinajstić information content (AvgIpc) is 1.91. The van der Waals surface area contributed by atoms with Crippen molar-refractivity contribution in [3.63, 3.8) is 0 Å². The Morgan fingerprint density at radius 2 is 1.57 bits per heavy atom. The van der Waals surface area contributed by atoms with Gasteiger partial charge in [0.25, 0.3) is 0 Å². The molecule has 0 nitrogen and oxygen atoms in total. The van der Waals surface area contributed by atoms with Gasteiger partial charge in [0.2, 0.25) is 0 Å². The summed E-state index contributed by atoms with van der Waals surface area (Å²) < 4.78 is 44.5. The van der Waals surface area contributed by atoms with E-state index in [0.717, 1.165) is 0 Å². The first-order valence-corrected chi connectivity index (χ1v) is 1.61. The minimum absolute atomic E-state index is 1.84. The first-order valence-electron chi connectivity index (χ1n) is 1.61. The van der Waals surface area contributed by atoms with Crippen LogP contribution >= 0.6 is 0 Å². The van der Waals surface area contributed by atoms with E-state index >= 15 is 0 Å². The van der Waals surface area contributed by atoms with Crippen molar-refractivity contribution in [3.8, 4) is 0 Å². The van der Waals surface area contributed by atoms with Crippen molar-refractivity contribution >= 4 is 0 Å². The molecular weight excluding hydrogens is 112 g/mol. The molecule has 0 heterocycles. The predicted molar refractivity (Wildman–Crippen MR) is 14.2 cm³/mol. The van der Waals surface area contributed by atoms with E-state index in [1.54, 1.807) is 0 Å². The molecule has 0 N–H and O–H groups in total. The van der Waals surface area contributed by atoms with E-state index in [2.05, 4.69) is 0 Å². The summed E-state index contributed by atoms with van der Waals surface area (Å²) in [6.45, 7) is 0. The summed E-state index contributed by atoms with van der Waals surface area (Å²) in [6.07, 6.45) is -4.46. The van der Waals surface area contributed by atoms with E-state index in [-0.39, 0.29) is 0 Å². The number of halogens is 4. The molecule has 1 rings (SSSR count). The number of alkyl halides is 3. The highest BCUT2D eigenvalue weighted by Crippen LogP contribution is 2.54. The van der Waals surface area contributed by atoms with Gasteiger partial charge in [0, 0.05) is 0 Å². The van der Waals surface area contributed by atoms with Gasteiger partial charge in [-0.1, -0.05) is 0 Å². The third kappa shape index (κ3) is 0.421. The van der Waals surface area contributed by atoms with Crippen LogP contribution in [-0.4, -0.2) is 12.1 Å². The molecule has 0 bridgehead atoms. The maximum Gasteiger partial charge on any atom is 0.169 e. The van der Waals surface area contributed by atoms with E-state index in [0.29, 0.717) is 0 Å². The lowest BCUT2D eigenvalue weighted by molar-refractivity contribution is 0.0830. The molecule has 0 aliphatic heterocycles. The monoisotopic (exact) mass is 113 g/mol. The summed E-state index contributed by atoms with van der Waals surface area (Å²) in [5, 5.41) is 0. The molecule has 0 spiro atoms. The highest BCUT2D eigenvalue weighted by molar-refractivity contribution is 5.24. The van der Waals surface area contributed by atoms with E-state index in [4.69, 9.17) is 0 Å². The van der Waals surface area contributed by atoms with Gasteiger partial charge in [-0.05, 0) is 6.17 Å². The van der Waals surface area contributed by atoms with Crippen LogP contribution in [-0.2, 0) is 0 Å². The largest absolute Gasteiger partial charge is 0.447 e. The summed E-state index contributed by atoms with van der Waals surface area (Å²) in [4.78, 5) is 0. The molecule has 0 aromatic rings. The summed E-state index contributed by atoms with van der Waals surface area (Å²) >= 11 is 0. The average molecular weight is 113 g/mol. The van der Waals surface area contributed by atoms with Crippen molar-refractivity contribution in [3.05, 3.63) is 6.17 Å².